The van der Waals surface area contributed by atoms with E-state index < -0.39 is 0 Å². The third-order valence-electron chi connectivity index (χ3n) is 2.67. The van der Waals surface area contributed by atoms with E-state index in [9.17, 15) is 0 Å². The number of nitrogens with one attached hydrogen (secondary N) is 1. The van der Waals surface area contributed by atoms with E-state index in [1.54, 1.807) is 6.07 Å². The number of anilines is 2. The molecule has 3 N–H and O–H groups in total. The van der Waals surface area contributed by atoms with E-state index in [1.807, 2.05) is 12.1 Å². The number of nitrogens with two attached hydrogens (primary N) is 1. The van der Waals surface area contributed by atoms with Gasteiger partial charge in [0.2, 0.25) is 0 Å². The van der Waals surface area contributed by atoms with E-state index in [0.717, 1.165) is 12.2 Å². The predicted molar refractivity (Wildman–Crippen MR) is 70.6 cm³/mol. The van der Waals surface area contributed by atoms with Crippen LogP contribution in [0.4, 0.5) is 11.5 Å². The van der Waals surface area contributed by atoms with Crippen LogP contribution in [0.3, 0.4) is 0 Å². The van der Waals surface area contributed by atoms with Gasteiger partial charge in [-0.25, -0.2) is 4.98 Å². The number of nitrogens with zero attached hydrogens (tertiary/aromatic N) is 2. The fourth-order valence-electron chi connectivity index (χ4n) is 1.66. The molecule has 4 heteroatoms. The lowest BCUT2D eigenvalue weighted by atomic mass is 10.1. The first-order valence-corrected chi connectivity index (χ1v) is 6.10. The van der Waals surface area contributed by atoms with Crippen molar-refractivity contribution in [1.29, 1.82) is 5.26 Å². The molecule has 0 saturated heterocycles. The Labute approximate surface area is 103 Å². The van der Waals surface area contributed by atoms with Crippen molar-refractivity contribution < 1.29 is 0 Å². The Morgan fingerprint density at radius 2 is 2.24 bits per heavy atom. The summed E-state index contributed by atoms with van der Waals surface area (Å²) in [5.41, 5.74) is 6.33. The minimum absolute atomic E-state index is 0.288. The topological polar surface area (TPSA) is 74.7 Å². The molecule has 0 aliphatic rings. The molecule has 0 bridgehead atoms. The zero-order valence-corrected chi connectivity index (χ0v) is 10.5. The summed E-state index contributed by atoms with van der Waals surface area (Å²) in [7, 11) is 0. The van der Waals surface area contributed by atoms with Crippen LogP contribution in [0, 0.1) is 11.3 Å². The Morgan fingerprint density at radius 3 is 2.88 bits per heavy atom. The van der Waals surface area contributed by atoms with E-state index in [-0.39, 0.29) is 5.69 Å². The molecule has 1 rings (SSSR count). The molecule has 0 saturated carbocycles. The summed E-state index contributed by atoms with van der Waals surface area (Å²) in [6, 6.07) is 5.88. The Balaban J connectivity index is 2.54. The van der Waals surface area contributed by atoms with Crippen molar-refractivity contribution >= 4 is 11.5 Å². The second-order valence-electron chi connectivity index (χ2n) is 4.29. The Kier molecular flexibility index (Phi) is 5.28. The summed E-state index contributed by atoms with van der Waals surface area (Å²) >= 11 is 0. The number of pyridine rings is 1. The number of nitrogen functional groups attached to an aromatic ring is 1. The van der Waals surface area contributed by atoms with E-state index in [2.05, 4.69) is 24.1 Å². The zero-order valence-electron chi connectivity index (χ0n) is 10.5. The first kappa shape index (κ1) is 13.3. The van der Waals surface area contributed by atoms with E-state index in [0.29, 0.717) is 11.7 Å². The van der Waals surface area contributed by atoms with E-state index in [4.69, 9.17) is 11.0 Å². The highest BCUT2D eigenvalue weighted by atomic mass is 15.0. The number of rotatable bonds is 6. The second-order valence-corrected chi connectivity index (χ2v) is 4.29. The Bertz CT molecular complexity index is 395. The zero-order chi connectivity index (χ0) is 12.7. The molecular weight excluding hydrogens is 212 g/mol. The van der Waals surface area contributed by atoms with Gasteiger partial charge in [0.15, 0.2) is 5.69 Å². The van der Waals surface area contributed by atoms with Gasteiger partial charge in [-0.2, -0.15) is 5.26 Å². The third kappa shape index (κ3) is 4.31. The van der Waals surface area contributed by atoms with E-state index in [1.165, 1.54) is 19.3 Å². The molecule has 0 radical (unpaired) electrons. The fourth-order valence-corrected chi connectivity index (χ4v) is 1.66. The van der Waals surface area contributed by atoms with Crippen LogP contribution in [0.25, 0.3) is 0 Å². The van der Waals surface area contributed by atoms with Gasteiger partial charge < -0.3 is 11.1 Å². The molecule has 1 unspecified atom stereocenters. The van der Waals surface area contributed by atoms with Crippen molar-refractivity contribution in [2.45, 2.75) is 45.6 Å². The molecule has 17 heavy (non-hydrogen) atoms. The average Bonchev–Trinajstić information content (AvgIpc) is 2.32. The maximum Gasteiger partial charge on any atom is 0.165 e. The molecule has 0 amide bonds. The Hall–Kier alpha value is -1.76. The van der Waals surface area contributed by atoms with Crippen LogP contribution in [0.5, 0.6) is 0 Å². The molecule has 0 fully saturated rings. The van der Waals surface area contributed by atoms with Crippen molar-refractivity contribution in [1.82, 2.24) is 4.98 Å². The lowest BCUT2D eigenvalue weighted by Crippen LogP contribution is -2.16. The number of aromatic nitrogens is 1. The molecule has 1 atom stereocenters. The van der Waals surface area contributed by atoms with Crippen LogP contribution in [-0.4, -0.2) is 11.0 Å². The first-order valence-electron chi connectivity index (χ1n) is 6.10. The van der Waals surface area contributed by atoms with Crippen LogP contribution in [0.15, 0.2) is 12.1 Å². The van der Waals surface area contributed by atoms with Gasteiger partial charge in [-0.05, 0) is 25.5 Å². The molecule has 92 valence electrons. The summed E-state index contributed by atoms with van der Waals surface area (Å²) < 4.78 is 0. The van der Waals surface area contributed by atoms with Gasteiger partial charge in [0, 0.05) is 6.04 Å². The van der Waals surface area contributed by atoms with Crippen molar-refractivity contribution in [2.24, 2.45) is 0 Å². The van der Waals surface area contributed by atoms with Gasteiger partial charge in [-0.15, -0.1) is 0 Å². The second kappa shape index (κ2) is 6.74. The molecule has 0 aliphatic carbocycles. The van der Waals surface area contributed by atoms with Crippen LogP contribution in [0.2, 0.25) is 0 Å². The van der Waals surface area contributed by atoms with Gasteiger partial charge >= 0.3 is 0 Å². The standard InChI is InChI=1S/C13H20N4/c1-3-4-5-6-10(2)16-13-8-7-11(15)12(9-14)17-13/h7-8,10H,3-6,15H2,1-2H3,(H,16,17). The minimum atomic E-state index is 0.288. The number of hydrogen-bond donors (Lipinski definition) is 2. The maximum atomic E-state index is 8.83. The SMILES string of the molecule is CCCCCC(C)Nc1ccc(N)c(C#N)n1. The smallest absolute Gasteiger partial charge is 0.165 e. The Morgan fingerprint density at radius 1 is 1.47 bits per heavy atom. The molecule has 0 aromatic carbocycles. The quantitative estimate of drug-likeness (QED) is 0.739. The van der Waals surface area contributed by atoms with Crippen molar-refractivity contribution in [2.75, 3.05) is 11.1 Å². The van der Waals surface area contributed by atoms with Crippen LogP contribution < -0.4 is 11.1 Å². The number of nitriles is 1. The largest absolute Gasteiger partial charge is 0.396 e. The van der Waals surface area contributed by atoms with E-state index >= 15 is 0 Å². The molecule has 1 aromatic heterocycles. The highest BCUT2D eigenvalue weighted by Crippen LogP contribution is 2.14. The highest BCUT2D eigenvalue weighted by molar-refractivity contribution is 5.54. The summed E-state index contributed by atoms with van der Waals surface area (Å²) in [4.78, 5) is 4.16. The monoisotopic (exact) mass is 232 g/mol. The highest BCUT2D eigenvalue weighted by Gasteiger charge is 2.05. The molecule has 4 nitrogen and oxygen atoms in total. The normalized spacial score (nSPS) is 11.8. The summed E-state index contributed by atoms with van der Waals surface area (Å²) in [6.45, 7) is 4.32. The van der Waals surface area contributed by atoms with Gasteiger partial charge in [0.25, 0.3) is 0 Å². The molecule has 1 heterocycles. The lowest BCUT2D eigenvalue weighted by molar-refractivity contribution is 0.614. The third-order valence-corrected chi connectivity index (χ3v) is 2.67. The van der Waals surface area contributed by atoms with Crippen molar-refractivity contribution in [3.8, 4) is 6.07 Å². The number of unbranched alkanes of at least 4 members (excludes halogenated alkanes) is 2. The summed E-state index contributed by atoms with van der Waals surface area (Å²) in [5, 5.41) is 12.1. The number of hydrogen-bond acceptors (Lipinski definition) is 4. The van der Waals surface area contributed by atoms with Crippen LogP contribution in [-0.2, 0) is 0 Å². The predicted octanol–water partition coefficient (Wildman–Crippen LogP) is 2.92. The van der Waals surface area contributed by atoms with Gasteiger partial charge in [0.1, 0.15) is 11.9 Å². The summed E-state index contributed by atoms with van der Waals surface area (Å²) in [6.07, 6.45) is 4.81. The lowest BCUT2D eigenvalue weighted by Gasteiger charge is -2.14. The van der Waals surface area contributed by atoms with Crippen molar-refractivity contribution in [3.63, 3.8) is 0 Å². The van der Waals surface area contributed by atoms with Gasteiger partial charge in [-0.1, -0.05) is 26.2 Å². The van der Waals surface area contributed by atoms with Crippen LogP contribution in [0.1, 0.15) is 45.2 Å². The minimum Gasteiger partial charge on any atom is -0.396 e. The first-order chi connectivity index (χ1) is 8.17. The fraction of sp³-hybridized carbons (Fsp3) is 0.538. The summed E-state index contributed by atoms with van der Waals surface area (Å²) in [5.74, 6) is 0.722. The average molecular weight is 232 g/mol. The molecular formula is C13H20N4. The van der Waals surface area contributed by atoms with Gasteiger partial charge in [0.05, 0.1) is 5.69 Å². The maximum absolute atomic E-state index is 8.83. The van der Waals surface area contributed by atoms with Gasteiger partial charge in [-0.3, -0.25) is 0 Å². The van der Waals surface area contributed by atoms with Crippen LogP contribution >= 0.6 is 0 Å². The van der Waals surface area contributed by atoms with Crippen molar-refractivity contribution in [3.05, 3.63) is 17.8 Å². The molecule has 0 spiro atoms. The molecule has 0 aliphatic heterocycles. The molecule has 1 aromatic rings.